The second-order valence-electron chi connectivity index (χ2n) is 4.67. The van der Waals surface area contributed by atoms with E-state index in [1.807, 2.05) is 0 Å². The number of halogens is 3. The van der Waals surface area contributed by atoms with Crippen molar-refractivity contribution in [3.05, 3.63) is 24.3 Å². The average Bonchev–Trinajstić information content (AvgIpc) is 2.73. The molecule has 20 heavy (non-hydrogen) atoms. The second-order valence-corrected chi connectivity index (χ2v) is 4.67. The predicted molar refractivity (Wildman–Crippen MR) is 65.1 cm³/mol. The number of aliphatic hydroxyl groups is 1. The maximum atomic E-state index is 12.1. The molecule has 0 spiro atoms. The summed E-state index contributed by atoms with van der Waals surface area (Å²) in [6.07, 6.45) is -3.56. The zero-order valence-corrected chi connectivity index (χ0v) is 10.5. The Kier molecular flexibility index (Phi) is 4.17. The van der Waals surface area contributed by atoms with Gasteiger partial charge in [-0.3, -0.25) is 4.79 Å². The van der Waals surface area contributed by atoms with Gasteiger partial charge in [-0.2, -0.15) is 0 Å². The Morgan fingerprint density at radius 2 is 2.10 bits per heavy atom. The molecule has 0 radical (unpaired) electrons. The number of benzene rings is 1. The van der Waals surface area contributed by atoms with Crippen molar-refractivity contribution in [2.45, 2.75) is 31.7 Å². The van der Waals surface area contributed by atoms with E-state index in [4.69, 9.17) is 0 Å². The summed E-state index contributed by atoms with van der Waals surface area (Å²) < 4.78 is 40.0. The number of hydrogen-bond donors (Lipinski definition) is 2. The molecule has 1 aromatic rings. The predicted octanol–water partition coefficient (Wildman–Crippen LogP) is 2.68. The minimum Gasteiger partial charge on any atom is -0.406 e. The average molecular weight is 289 g/mol. The summed E-state index contributed by atoms with van der Waals surface area (Å²) in [7, 11) is 0. The first-order valence-electron chi connectivity index (χ1n) is 6.20. The molecule has 0 heterocycles. The van der Waals surface area contributed by atoms with Gasteiger partial charge in [0.2, 0.25) is 5.91 Å². The molecule has 2 unspecified atom stereocenters. The van der Waals surface area contributed by atoms with Crippen LogP contribution in [-0.4, -0.2) is 23.5 Å². The van der Waals surface area contributed by atoms with E-state index in [9.17, 15) is 23.1 Å². The van der Waals surface area contributed by atoms with E-state index in [0.717, 1.165) is 18.6 Å². The first kappa shape index (κ1) is 14.6. The third-order valence-electron chi connectivity index (χ3n) is 3.15. The fraction of sp³-hybridized carbons (Fsp3) is 0.462. The maximum absolute atomic E-state index is 12.1. The number of alkyl halides is 3. The summed E-state index contributed by atoms with van der Waals surface area (Å²) in [6.45, 7) is 0. The number of amides is 1. The van der Waals surface area contributed by atoms with Gasteiger partial charge >= 0.3 is 6.36 Å². The van der Waals surface area contributed by atoms with Crippen molar-refractivity contribution in [3.8, 4) is 5.75 Å². The van der Waals surface area contributed by atoms with E-state index in [0.29, 0.717) is 12.8 Å². The maximum Gasteiger partial charge on any atom is 0.573 e. The third kappa shape index (κ3) is 3.86. The normalized spacial score (nSPS) is 22.6. The first-order chi connectivity index (χ1) is 9.35. The van der Waals surface area contributed by atoms with Gasteiger partial charge in [0.05, 0.1) is 12.0 Å². The molecule has 110 valence electrons. The summed E-state index contributed by atoms with van der Waals surface area (Å²) in [5.41, 5.74) is 0.204. The van der Waals surface area contributed by atoms with Crippen LogP contribution in [0.2, 0.25) is 0 Å². The van der Waals surface area contributed by atoms with E-state index in [1.165, 1.54) is 12.1 Å². The highest BCUT2D eigenvalue weighted by atomic mass is 19.4. The molecular formula is C13H14F3NO3. The van der Waals surface area contributed by atoms with Crippen molar-refractivity contribution >= 4 is 11.6 Å². The van der Waals surface area contributed by atoms with E-state index in [2.05, 4.69) is 10.1 Å². The van der Waals surface area contributed by atoms with Gasteiger partial charge < -0.3 is 15.2 Å². The Morgan fingerprint density at radius 1 is 1.35 bits per heavy atom. The summed E-state index contributed by atoms with van der Waals surface area (Å²) in [6, 6.07) is 5.05. The largest absolute Gasteiger partial charge is 0.573 e. The van der Waals surface area contributed by atoms with Crippen LogP contribution >= 0.6 is 0 Å². The molecule has 1 amide bonds. The zero-order chi connectivity index (χ0) is 14.8. The first-order valence-corrected chi connectivity index (χ1v) is 6.20. The molecule has 1 aliphatic carbocycles. The van der Waals surface area contributed by atoms with Crippen LogP contribution in [0.4, 0.5) is 18.9 Å². The molecule has 2 atom stereocenters. The molecule has 1 fully saturated rings. The fourth-order valence-corrected chi connectivity index (χ4v) is 2.25. The highest BCUT2D eigenvalue weighted by molar-refractivity contribution is 5.93. The van der Waals surface area contributed by atoms with Gasteiger partial charge in [0.25, 0.3) is 0 Å². The molecule has 1 aromatic carbocycles. The number of hydrogen-bond acceptors (Lipinski definition) is 3. The Labute approximate surface area is 113 Å². The monoisotopic (exact) mass is 289 g/mol. The highest BCUT2D eigenvalue weighted by Gasteiger charge is 2.32. The van der Waals surface area contributed by atoms with Gasteiger partial charge in [0.15, 0.2) is 0 Å². The topological polar surface area (TPSA) is 58.6 Å². The quantitative estimate of drug-likeness (QED) is 0.899. The molecular weight excluding hydrogens is 275 g/mol. The van der Waals surface area contributed by atoms with Crippen molar-refractivity contribution in [1.82, 2.24) is 0 Å². The van der Waals surface area contributed by atoms with Crippen LogP contribution in [0.15, 0.2) is 24.3 Å². The summed E-state index contributed by atoms with van der Waals surface area (Å²) in [4.78, 5) is 11.9. The molecule has 7 heteroatoms. The molecule has 1 aliphatic rings. The number of aliphatic hydroxyl groups excluding tert-OH is 1. The minimum absolute atomic E-state index is 0.204. The summed E-state index contributed by atoms with van der Waals surface area (Å²) in [5.74, 6) is -1.30. The molecule has 0 aromatic heterocycles. The third-order valence-corrected chi connectivity index (χ3v) is 3.15. The lowest BCUT2D eigenvalue weighted by Gasteiger charge is -2.15. The van der Waals surface area contributed by atoms with Crippen molar-refractivity contribution in [3.63, 3.8) is 0 Å². The van der Waals surface area contributed by atoms with Gasteiger partial charge in [0, 0.05) is 11.8 Å². The van der Waals surface area contributed by atoms with Gasteiger partial charge in [-0.25, -0.2) is 0 Å². The second kappa shape index (κ2) is 5.70. The Balaban J connectivity index is 2.02. The SMILES string of the molecule is O=C(Nc1cccc(OC(F)(F)F)c1)C1CCCC1O. The number of ether oxygens (including phenoxy) is 1. The molecule has 2 N–H and O–H groups in total. The van der Waals surface area contributed by atoms with Crippen LogP contribution < -0.4 is 10.1 Å². The molecule has 0 aliphatic heterocycles. The van der Waals surface area contributed by atoms with Crippen LogP contribution in [0.25, 0.3) is 0 Å². The van der Waals surface area contributed by atoms with Crippen LogP contribution in [0.1, 0.15) is 19.3 Å². The Morgan fingerprint density at radius 3 is 2.70 bits per heavy atom. The van der Waals surface area contributed by atoms with E-state index < -0.39 is 24.1 Å². The highest BCUT2D eigenvalue weighted by Crippen LogP contribution is 2.28. The molecule has 0 bridgehead atoms. The van der Waals surface area contributed by atoms with E-state index >= 15 is 0 Å². The van der Waals surface area contributed by atoms with Gasteiger partial charge in [0.1, 0.15) is 5.75 Å². The standard InChI is InChI=1S/C13H14F3NO3/c14-13(15,16)20-9-4-1-3-8(7-9)17-12(19)10-5-2-6-11(10)18/h1,3-4,7,10-11,18H,2,5-6H2,(H,17,19). The summed E-state index contributed by atoms with van der Waals surface area (Å²) >= 11 is 0. The number of nitrogens with one attached hydrogen (secondary N) is 1. The summed E-state index contributed by atoms with van der Waals surface area (Å²) in [5, 5.41) is 12.1. The number of anilines is 1. The van der Waals surface area contributed by atoms with Gasteiger partial charge in [-0.15, -0.1) is 13.2 Å². The van der Waals surface area contributed by atoms with Gasteiger partial charge in [-0.05, 0) is 31.4 Å². The van der Waals surface area contributed by atoms with Crippen molar-refractivity contribution in [1.29, 1.82) is 0 Å². The lowest BCUT2D eigenvalue weighted by molar-refractivity contribution is -0.274. The lowest BCUT2D eigenvalue weighted by Crippen LogP contribution is -2.28. The fourth-order valence-electron chi connectivity index (χ4n) is 2.25. The van der Waals surface area contributed by atoms with Crippen molar-refractivity contribution in [2.24, 2.45) is 5.92 Å². The molecule has 4 nitrogen and oxygen atoms in total. The number of carbonyl (C=O) groups is 1. The van der Waals surface area contributed by atoms with Gasteiger partial charge in [-0.1, -0.05) is 6.07 Å². The van der Waals surface area contributed by atoms with E-state index in [-0.39, 0.29) is 11.6 Å². The van der Waals surface area contributed by atoms with Crippen LogP contribution in [0.5, 0.6) is 5.75 Å². The zero-order valence-electron chi connectivity index (χ0n) is 10.5. The van der Waals surface area contributed by atoms with E-state index in [1.54, 1.807) is 0 Å². The van der Waals surface area contributed by atoms with Crippen molar-refractivity contribution < 1.29 is 27.8 Å². The van der Waals surface area contributed by atoms with Crippen LogP contribution in [-0.2, 0) is 4.79 Å². The minimum atomic E-state index is -4.77. The Bertz CT molecular complexity index is 490. The molecule has 1 saturated carbocycles. The number of carbonyl (C=O) groups excluding carboxylic acids is 1. The molecule has 0 saturated heterocycles. The van der Waals surface area contributed by atoms with Crippen LogP contribution in [0.3, 0.4) is 0 Å². The lowest BCUT2D eigenvalue weighted by atomic mass is 10.1. The Hall–Kier alpha value is -1.76. The smallest absolute Gasteiger partial charge is 0.406 e. The van der Waals surface area contributed by atoms with Crippen molar-refractivity contribution in [2.75, 3.05) is 5.32 Å². The number of rotatable bonds is 3. The molecule has 2 rings (SSSR count). The van der Waals surface area contributed by atoms with Crippen LogP contribution in [0, 0.1) is 5.92 Å².